The van der Waals surface area contributed by atoms with Crippen LogP contribution in [0.1, 0.15) is 12.8 Å². The van der Waals surface area contributed by atoms with E-state index in [9.17, 15) is 4.79 Å². The maximum atomic E-state index is 12.4. The Hall–Kier alpha value is -2.34. The van der Waals surface area contributed by atoms with E-state index in [1.54, 1.807) is 47.8 Å². The summed E-state index contributed by atoms with van der Waals surface area (Å²) in [6.07, 6.45) is 6.45. The fourth-order valence-electron chi connectivity index (χ4n) is 2.50. The summed E-state index contributed by atoms with van der Waals surface area (Å²) in [6.45, 7) is 1.22. The molecule has 1 atom stereocenters. The van der Waals surface area contributed by atoms with Crippen molar-refractivity contribution in [2.24, 2.45) is 0 Å². The van der Waals surface area contributed by atoms with Crippen LogP contribution in [-0.4, -0.2) is 40.1 Å². The van der Waals surface area contributed by atoms with Crippen LogP contribution in [0, 0.1) is 0 Å². The largest absolute Gasteiger partial charge is 0.471 e. The van der Waals surface area contributed by atoms with Crippen LogP contribution in [0.5, 0.6) is 5.88 Å². The number of carbonyl (C=O) groups is 1. The van der Waals surface area contributed by atoms with Gasteiger partial charge in [0.15, 0.2) is 0 Å². The molecule has 3 rings (SSSR count). The molecule has 6 nitrogen and oxygen atoms in total. The fraction of sp³-hybridized carbons (Fsp3) is 0.312. The molecule has 2 amide bonds. The average molecular weight is 333 g/mol. The predicted molar refractivity (Wildman–Crippen MR) is 87.7 cm³/mol. The molecule has 7 heteroatoms. The number of hydrogen-bond donors (Lipinski definition) is 1. The van der Waals surface area contributed by atoms with Gasteiger partial charge in [-0.25, -0.2) is 9.78 Å². The van der Waals surface area contributed by atoms with Crippen molar-refractivity contribution in [1.29, 1.82) is 0 Å². The average Bonchev–Trinajstić information content (AvgIpc) is 2.56. The van der Waals surface area contributed by atoms with Crippen molar-refractivity contribution in [1.82, 2.24) is 14.9 Å². The normalized spacial score (nSPS) is 17.6. The Morgan fingerprint density at radius 1 is 1.39 bits per heavy atom. The van der Waals surface area contributed by atoms with Gasteiger partial charge in [0.1, 0.15) is 6.10 Å². The molecule has 0 radical (unpaired) electrons. The number of halogens is 1. The third-order valence-electron chi connectivity index (χ3n) is 3.57. The summed E-state index contributed by atoms with van der Waals surface area (Å²) in [7, 11) is 0. The number of carbonyl (C=O) groups excluding carboxylic acids is 1. The quantitative estimate of drug-likeness (QED) is 0.937. The minimum absolute atomic E-state index is 0.0782. The number of piperidine rings is 1. The van der Waals surface area contributed by atoms with Crippen molar-refractivity contribution >= 4 is 23.3 Å². The number of nitrogens with zero attached hydrogens (tertiary/aromatic N) is 3. The van der Waals surface area contributed by atoms with Crippen LogP contribution in [0.15, 0.2) is 42.9 Å². The maximum absolute atomic E-state index is 12.4. The first-order valence-electron chi connectivity index (χ1n) is 7.45. The molecule has 1 saturated heterocycles. The van der Waals surface area contributed by atoms with Gasteiger partial charge in [-0.3, -0.25) is 4.98 Å². The first kappa shape index (κ1) is 15.6. The molecule has 2 aromatic rings. The number of nitrogens with one attached hydrogen (secondary N) is 1. The summed E-state index contributed by atoms with van der Waals surface area (Å²) in [4.78, 5) is 22.2. The fourth-order valence-corrected chi connectivity index (χ4v) is 2.69. The van der Waals surface area contributed by atoms with Crippen LogP contribution in [0.25, 0.3) is 0 Å². The van der Waals surface area contributed by atoms with Crippen LogP contribution in [0.2, 0.25) is 5.02 Å². The first-order valence-corrected chi connectivity index (χ1v) is 7.83. The molecule has 1 aliphatic rings. The maximum Gasteiger partial charge on any atom is 0.321 e. The van der Waals surface area contributed by atoms with Gasteiger partial charge in [-0.1, -0.05) is 17.7 Å². The minimum atomic E-state index is -0.153. The molecule has 1 unspecified atom stereocenters. The standard InChI is InChI=1S/C16H17ClN4O2/c17-12-3-1-4-13(9-12)20-16(22)21-8-2-5-14(11-21)23-15-10-18-6-7-19-15/h1,3-4,6-7,9-10,14H,2,5,8,11H2,(H,20,22). The Morgan fingerprint density at radius 2 is 2.30 bits per heavy atom. The lowest BCUT2D eigenvalue weighted by Gasteiger charge is -2.32. The van der Waals surface area contributed by atoms with Gasteiger partial charge >= 0.3 is 6.03 Å². The van der Waals surface area contributed by atoms with Gasteiger partial charge in [-0.2, -0.15) is 0 Å². The van der Waals surface area contributed by atoms with E-state index in [2.05, 4.69) is 15.3 Å². The Kier molecular flexibility index (Phi) is 4.92. The summed E-state index contributed by atoms with van der Waals surface area (Å²) < 4.78 is 5.79. The highest BCUT2D eigenvalue weighted by Gasteiger charge is 2.25. The molecule has 1 aromatic carbocycles. The number of urea groups is 1. The SMILES string of the molecule is O=C(Nc1cccc(Cl)c1)N1CCCC(Oc2cnccn2)C1. The summed E-state index contributed by atoms with van der Waals surface area (Å²) in [6, 6.07) is 6.94. The van der Waals surface area contributed by atoms with Gasteiger partial charge < -0.3 is 15.0 Å². The van der Waals surface area contributed by atoms with Crippen LogP contribution >= 0.6 is 11.6 Å². The zero-order chi connectivity index (χ0) is 16.1. The van der Waals surface area contributed by atoms with Crippen molar-refractivity contribution in [2.75, 3.05) is 18.4 Å². The lowest BCUT2D eigenvalue weighted by molar-refractivity contribution is 0.102. The van der Waals surface area contributed by atoms with E-state index < -0.39 is 0 Å². The number of aromatic nitrogens is 2. The highest BCUT2D eigenvalue weighted by molar-refractivity contribution is 6.30. The number of likely N-dealkylation sites (tertiary alicyclic amines) is 1. The van der Waals surface area contributed by atoms with Gasteiger partial charge in [-0.05, 0) is 31.0 Å². The molecule has 1 aromatic heterocycles. The number of amides is 2. The molecular weight excluding hydrogens is 316 g/mol. The second-order valence-electron chi connectivity index (χ2n) is 5.31. The lowest BCUT2D eigenvalue weighted by Crippen LogP contribution is -2.46. The molecule has 1 fully saturated rings. The van der Waals surface area contributed by atoms with Crippen molar-refractivity contribution in [3.8, 4) is 5.88 Å². The van der Waals surface area contributed by atoms with Crippen molar-refractivity contribution in [3.63, 3.8) is 0 Å². The number of anilines is 1. The van der Waals surface area contributed by atoms with E-state index >= 15 is 0 Å². The number of benzene rings is 1. The molecule has 1 N–H and O–H groups in total. The molecule has 0 bridgehead atoms. The summed E-state index contributed by atoms with van der Waals surface area (Å²) in [5.41, 5.74) is 0.680. The number of ether oxygens (including phenoxy) is 1. The number of hydrogen-bond acceptors (Lipinski definition) is 4. The third kappa shape index (κ3) is 4.32. The highest BCUT2D eigenvalue weighted by atomic mass is 35.5. The van der Waals surface area contributed by atoms with E-state index in [0.29, 0.717) is 29.7 Å². The van der Waals surface area contributed by atoms with Gasteiger partial charge in [0.05, 0.1) is 12.7 Å². The molecule has 1 aliphatic heterocycles. The Bertz CT molecular complexity index is 668. The monoisotopic (exact) mass is 332 g/mol. The predicted octanol–water partition coefficient (Wildman–Crippen LogP) is 3.21. The van der Waals surface area contributed by atoms with Gasteiger partial charge in [0, 0.05) is 29.6 Å². The van der Waals surface area contributed by atoms with E-state index in [4.69, 9.17) is 16.3 Å². The Labute approximate surface area is 139 Å². The van der Waals surface area contributed by atoms with E-state index in [1.807, 2.05) is 0 Å². The van der Waals surface area contributed by atoms with E-state index in [-0.39, 0.29) is 12.1 Å². The smallest absolute Gasteiger partial charge is 0.321 e. The molecule has 0 aliphatic carbocycles. The van der Waals surface area contributed by atoms with Crippen molar-refractivity contribution in [3.05, 3.63) is 47.9 Å². The Morgan fingerprint density at radius 3 is 3.09 bits per heavy atom. The summed E-state index contributed by atoms with van der Waals surface area (Å²) in [5, 5.41) is 3.44. The van der Waals surface area contributed by atoms with Gasteiger partial charge in [-0.15, -0.1) is 0 Å². The number of rotatable bonds is 3. The molecule has 0 spiro atoms. The van der Waals surface area contributed by atoms with E-state index in [1.165, 1.54) is 0 Å². The van der Waals surface area contributed by atoms with Crippen molar-refractivity contribution < 1.29 is 9.53 Å². The highest BCUT2D eigenvalue weighted by Crippen LogP contribution is 2.19. The molecule has 120 valence electrons. The molecule has 23 heavy (non-hydrogen) atoms. The van der Waals surface area contributed by atoms with Gasteiger partial charge in [0.25, 0.3) is 0 Å². The van der Waals surface area contributed by atoms with Crippen LogP contribution in [0.4, 0.5) is 10.5 Å². The summed E-state index contributed by atoms with van der Waals surface area (Å²) >= 11 is 5.93. The zero-order valence-corrected chi connectivity index (χ0v) is 13.2. The molecule has 0 saturated carbocycles. The lowest BCUT2D eigenvalue weighted by atomic mass is 10.1. The second-order valence-corrected chi connectivity index (χ2v) is 5.75. The minimum Gasteiger partial charge on any atom is -0.471 e. The first-order chi connectivity index (χ1) is 11.2. The molecule has 2 heterocycles. The van der Waals surface area contributed by atoms with Crippen LogP contribution in [-0.2, 0) is 0 Å². The summed E-state index contributed by atoms with van der Waals surface area (Å²) in [5.74, 6) is 0.481. The van der Waals surface area contributed by atoms with E-state index in [0.717, 1.165) is 12.8 Å². The van der Waals surface area contributed by atoms with Crippen LogP contribution < -0.4 is 10.1 Å². The van der Waals surface area contributed by atoms with Crippen LogP contribution in [0.3, 0.4) is 0 Å². The Balaban J connectivity index is 1.58. The zero-order valence-electron chi connectivity index (χ0n) is 12.5. The second kappa shape index (κ2) is 7.28. The third-order valence-corrected chi connectivity index (χ3v) is 3.80. The van der Waals surface area contributed by atoms with Crippen molar-refractivity contribution in [2.45, 2.75) is 18.9 Å². The topological polar surface area (TPSA) is 67.4 Å². The molecular formula is C16H17ClN4O2. The van der Waals surface area contributed by atoms with Gasteiger partial charge in [0.2, 0.25) is 5.88 Å².